The van der Waals surface area contributed by atoms with Crippen molar-refractivity contribution in [3.63, 3.8) is 0 Å². The Morgan fingerprint density at radius 2 is 1.62 bits per heavy atom. The minimum absolute atomic E-state index is 0.0191. The van der Waals surface area contributed by atoms with Crippen molar-refractivity contribution in [2.24, 2.45) is 0 Å². The number of benzene rings is 2. The molecule has 0 amide bonds. The number of hydrogen-bond donors (Lipinski definition) is 1. The van der Waals surface area contributed by atoms with Crippen LogP contribution < -0.4 is 5.73 Å². The van der Waals surface area contributed by atoms with E-state index in [-0.39, 0.29) is 10.6 Å². The van der Waals surface area contributed by atoms with Crippen LogP contribution in [0.4, 0.5) is 5.69 Å². The van der Waals surface area contributed by atoms with E-state index in [1.54, 1.807) is 30.3 Å². The summed E-state index contributed by atoms with van der Waals surface area (Å²) in [5, 5.41) is 1.09. The first kappa shape index (κ1) is 16.5. The molecule has 0 heterocycles. The lowest BCUT2D eigenvalue weighted by atomic mass is 10.3. The topological polar surface area (TPSA) is 60.2 Å². The fourth-order valence-electron chi connectivity index (χ4n) is 1.65. The van der Waals surface area contributed by atoms with Crippen molar-refractivity contribution < 1.29 is 8.42 Å². The number of thioether (sulfide) groups is 1. The van der Waals surface area contributed by atoms with Gasteiger partial charge in [0.2, 0.25) is 0 Å². The third-order valence-corrected chi connectivity index (χ3v) is 6.31. The molecular formula is C14H13Cl2NO2S2. The second-order valence-corrected chi connectivity index (χ2v) is 8.42. The zero-order valence-corrected chi connectivity index (χ0v) is 14.1. The minimum Gasteiger partial charge on any atom is -0.398 e. The van der Waals surface area contributed by atoms with Crippen molar-refractivity contribution in [2.75, 3.05) is 17.2 Å². The number of sulfone groups is 1. The smallest absolute Gasteiger partial charge is 0.179 e. The van der Waals surface area contributed by atoms with Crippen molar-refractivity contribution >= 4 is 50.5 Å². The molecule has 0 saturated heterocycles. The van der Waals surface area contributed by atoms with Crippen LogP contribution in [0.25, 0.3) is 0 Å². The predicted molar refractivity (Wildman–Crippen MR) is 90.1 cm³/mol. The van der Waals surface area contributed by atoms with Crippen molar-refractivity contribution in [1.29, 1.82) is 0 Å². The summed E-state index contributed by atoms with van der Waals surface area (Å²) < 4.78 is 24.3. The SMILES string of the molecule is Nc1ccc(Cl)cc1SCCS(=O)(=O)c1ccc(Cl)cc1. The number of halogens is 2. The molecule has 7 heteroatoms. The monoisotopic (exact) mass is 361 g/mol. The van der Waals surface area contributed by atoms with E-state index in [0.717, 1.165) is 4.90 Å². The molecule has 21 heavy (non-hydrogen) atoms. The molecule has 3 nitrogen and oxygen atoms in total. The largest absolute Gasteiger partial charge is 0.398 e. The Morgan fingerprint density at radius 1 is 1.00 bits per heavy atom. The lowest BCUT2D eigenvalue weighted by molar-refractivity contribution is 0.597. The van der Waals surface area contributed by atoms with Gasteiger partial charge in [-0.2, -0.15) is 0 Å². The van der Waals surface area contributed by atoms with Crippen LogP contribution in [0, 0.1) is 0 Å². The molecule has 0 bridgehead atoms. The molecule has 0 aliphatic heterocycles. The predicted octanol–water partition coefficient (Wildman–Crippen LogP) is 4.14. The van der Waals surface area contributed by atoms with Crippen molar-refractivity contribution in [1.82, 2.24) is 0 Å². The van der Waals surface area contributed by atoms with E-state index in [2.05, 4.69) is 0 Å². The summed E-state index contributed by atoms with van der Waals surface area (Å²) in [4.78, 5) is 1.06. The van der Waals surface area contributed by atoms with Gasteiger partial charge in [-0.05, 0) is 42.5 Å². The molecule has 0 fully saturated rings. The number of nitrogens with two attached hydrogens (primary N) is 1. The quantitative estimate of drug-likeness (QED) is 0.641. The summed E-state index contributed by atoms with van der Waals surface area (Å²) in [6.07, 6.45) is 0. The highest BCUT2D eigenvalue weighted by molar-refractivity contribution is 8.00. The van der Waals surface area contributed by atoms with Gasteiger partial charge in [-0.15, -0.1) is 11.8 Å². The summed E-state index contributed by atoms with van der Waals surface area (Å²) >= 11 is 13.0. The lowest BCUT2D eigenvalue weighted by Crippen LogP contribution is -2.08. The Kier molecular flexibility index (Phi) is 5.43. The molecule has 2 rings (SSSR count). The van der Waals surface area contributed by atoms with Gasteiger partial charge in [0.1, 0.15) is 0 Å². The maximum Gasteiger partial charge on any atom is 0.179 e. The van der Waals surface area contributed by atoms with Crippen molar-refractivity contribution in [3.8, 4) is 0 Å². The maximum atomic E-state index is 12.2. The standard InChI is InChI=1S/C14H13Cl2NO2S2/c15-10-1-4-12(5-2-10)21(18,19)8-7-20-14-9-11(16)3-6-13(14)17/h1-6,9H,7-8,17H2. The molecule has 0 aliphatic rings. The third-order valence-electron chi connectivity index (χ3n) is 2.76. The fraction of sp³-hybridized carbons (Fsp3) is 0.143. The van der Waals surface area contributed by atoms with E-state index >= 15 is 0 Å². The van der Waals surface area contributed by atoms with E-state index in [4.69, 9.17) is 28.9 Å². The molecule has 2 N–H and O–H groups in total. The highest BCUT2D eigenvalue weighted by atomic mass is 35.5. The summed E-state index contributed by atoms with van der Waals surface area (Å²) in [6.45, 7) is 0. The number of rotatable bonds is 5. The second kappa shape index (κ2) is 6.92. The average molecular weight is 362 g/mol. The molecule has 0 unspecified atom stereocenters. The van der Waals surface area contributed by atoms with Crippen LogP contribution in [0.1, 0.15) is 0 Å². The summed E-state index contributed by atoms with van der Waals surface area (Å²) in [5.41, 5.74) is 6.41. The molecule has 2 aromatic carbocycles. The zero-order valence-electron chi connectivity index (χ0n) is 10.9. The zero-order chi connectivity index (χ0) is 15.5. The summed E-state index contributed by atoms with van der Waals surface area (Å²) in [7, 11) is -3.32. The molecule has 0 radical (unpaired) electrons. The van der Waals surface area contributed by atoms with Crippen molar-refractivity contribution in [2.45, 2.75) is 9.79 Å². The Bertz CT molecular complexity index is 731. The molecule has 0 aliphatic carbocycles. The third kappa shape index (κ3) is 4.54. The average Bonchev–Trinajstić information content (AvgIpc) is 2.43. The van der Waals surface area contributed by atoms with Gasteiger partial charge in [0.05, 0.1) is 10.6 Å². The Hall–Kier alpha value is -0.880. The lowest BCUT2D eigenvalue weighted by Gasteiger charge is -2.07. The molecule has 0 saturated carbocycles. The van der Waals surface area contributed by atoms with E-state index in [9.17, 15) is 8.42 Å². The van der Waals surface area contributed by atoms with Crippen LogP contribution in [0.15, 0.2) is 52.3 Å². The van der Waals surface area contributed by atoms with E-state index in [1.165, 1.54) is 23.9 Å². The van der Waals surface area contributed by atoms with Crippen LogP contribution in [-0.4, -0.2) is 19.9 Å². The van der Waals surface area contributed by atoms with E-state index in [1.807, 2.05) is 0 Å². The van der Waals surface area contributed by atoms with Gasteiger partial charge in [0.15, 0.2) is 9.84 Å². The number of anilines is 1. The van der Waals surface area contributed by atoms with Crippen LogP contribution in [-0.2, 0) is 9.84 Å². The Balaban J connectivity index is 2.02. The van der Waals surface area contributed by atoms with Crippen LogP contribution >= 0.6 is 35.0 Å². The first-order valence-corrected chi connectivity index (χ1v) is 9.44. The van der Waals surface area contributed by atoms with Gasteiger partial charge in [-0.25, -0.2) is 8.42 Å². The van der Waals surface area contributed by atoms with Crippen LogP contribution in [0.3, 0.4) is 0 Å². The van der Waals surface area contributed by atoms with E-state index in [0.29, 0.717) is 21.5 Å². The van der Waals surface area contributed by atoms with Gasteiger partial charge < -0.3 is 5.73 Å². The summed E-state index contributed by atoms with van der Waals surface area (Å²) in [5.74, 6) is 0.417. The van der Waals surface area contributed by atoms with Gasteiger partial charge >= 0.3 is 0 Å². The first-order chi connectivity index (χ1) is 9.88. The number of nitrogen functional groups attached to an aromatic ring is 1. The molecule has 0 atom stereocenters. The van der Waals surface area contributed by atoms with Gasteiger partial charge in [-0.1, -0.05) is 23.2 Å². The summed E-state index contributed by atoms with van der Waals surface area (Å²) in [6, 6.07) is 11.3. The first-order valence-electron chi connectivity index (χ1n) is 6.04. The highest BCUT2D eigenvalue weighted by Gasteiger charge is 2.14. The molecule has 112 valence electrons. The second-order valence-electron chi connectivity index (χ2n) is 4.30. The normalized spacial score (nSPS) is 11.5. The van der Waals surface area contributed by atoms with Crippen LogP contribution in [0.5, 0.6) is 0 Å². The van der Waals surface area contributed by atoms with Crippen molar-refractivity contribution in [3.05, 3.63) is 52.5 Å². The minimum atomic E-state index is -3.32. The van der Waals surface area contributed by atoms with Gasteiger partial charge in [0.25, 0.3) is 0 Å². The van der Waals surface area contributed by atoms with Gasteiger partial charge in [0, 0.05) is 26.4 Å². The molecule has 0 spiro atoms. The highest BCUT2D eigenvalue weighted by Crippen LogP contribution is 2.28. The fourth-order valence-corrected chi connectivity index (χ4v) is 4.68. The van der Waals surface area contributed by atoms with E-state index < -0.39 is 9.84 Å². The Labute approximate surface area is 138 Å². The van der Waals surface area contributed by atoms with Crippen LogP contribution in [0.2, 0.25) is 10.0 Å². The molecular weight excluding hydrogens is 349 g/mol. The molecule has 2 aromatic rings. The maximum absolute atomic E-state index is 12.2. The molecule has 0 aromatic heterocycles. The number of hydrogen-bond acceptors (Lipinski definition) is 4. The van der Waals surface area contributed by atoms with Gasteiger partial charge in [-0.3, -0.25) is 0 Å². The Morgan fingerprint density at radius 3 is 2.29 bits per heavy atom.